The highest BCUT2D eigenvalue weighted by atomic mass is 16.5. The van der Waals surface area contributed by atoms with Crippen LogP contribution >= 0.6 is 0 Å². The van der Waals surface area contributed by atoms with Gasteiger partial charge in [-0.3, -0.25) is 0 Å². The Morgan fingerprint density at radius 2 is 1.75 bits per heavy atom. The van der Waals surface area contributed by atoms with Crippen LogP contribution in [0.15, 0.2) is 36.4 Å². The van der Waals surface area contributed by atoms with E-state index in [-0.39, 0.29) is 0 Å². The molecule has 1 atom stereocenters. The average Bonchev–Trinajstić information content (AvgIpc) is 2.40. The SMILES string of the molecule is Cc1ccc(C)c(COc2ccc(C(C)O)cc2C)c1. The number of rotatable bonds is 4. The molecule has 0 bridgehead atoms. The van der Waals surface area contributed by atoms with Gasteiger partial charge in [0.1, 0.15) is 12.4 Å². The van der Waals surface area contributed by atoms with Crippen molar-refractivity contribution in [1.29, 1.82) is 0 Å². The van der Waals surface area contributed by atoms with E-state index in [0.717, 1.165) is 16.9 Å². The van der Waals surface area contributed by atoms with Gasteiger partial charge in [-0.15, -0.1) is 0 Å². The first-order chi connectivity index (χ1) is 9.47. The van der Waals surface area contributed by atoms with Crippen LogP contribution in [0.1, 0.15) is 40.8 Å². The predicted molar refractivity (Wildman–Crippen MR) is 82.1 cm³/mol. The largest absolute Gasteiger partial charge is 0.489 e. The Kier molecular flexibility index (Phi) is 4.46. The molecule has 0 aliphatic rings. The van der Waals surface area contributed by atoms with Gasteiger partial charge in [0, 0.05) is 0 Å². The van der Waals surface area contributed by atoms with E-state index < -0.39 is 6.10 Å². The van der Waals surface area contributed by atoms with Gasteiger partial charge in [-0.25, -0.2) is 0 Å². The lowest BCUT2D eigenvalue weighted by Crippen LogP contribution is -2.00. The van der Waals surface area contributed by atoms with Crippen LogP contribution in [0.2, 0.25) is 0 Å². The fourth-order valence-electron chi connectivity index (χ4n) is 2.21. The third kappa shape index (κ3) is 3.40. The molecule has 0 amide bonds. The molecule has 20 heavy (non-hydrogen) atoms. The van der Waals surface area contributed by atoms with Crippen molar-refractivity contribution in [3.8, 4) is 5.75 Å². The summed E-state index contributed by atoms with van der Waals surface area (Å²) in [5.41, 5.74) is 5.67. The zero-order chi connectivity index (χ0) is 14.7. The topological polar surface area (TPSA) is 29.5 Å². The molecular formula is C18H22O2. The maximum Gasteiger partial charge on any atom is 0.122 e. The number of hydrogen-bond donors (Lipinski definition) is 1. The number of aliphatic hydroxyl groups excluding tert-OH is 1. The second-order valence-electron chi connectivity index (χ2n) is 5.42. The van der Waals surface area contributed by atoms with E-state index in [9.17, 15) is 5.11 Å². The molecule has 0 fully saturated rings. The maximum atomic E-state index is 9.57. The van der Waals surface area contributed by atoms with Crippen molar-refractivity contribution in [1.82, 2.24) is 0 Å². The Labute approximate surface area is 121 Å². The van der Waals surface area contributed by atoms with Crippen molar-refractivity contribution in [2.75, 3.05) is 0 Å². The van der Waals surface area contributed by atoms with Crippen LogP contribution in [0.25, 0.3) is 0 Å². The molecule has 1 unspecified atom stereocenters. The molecule has 2 aromatic rings. The summed E-state index contributed by atoms with van der Waals surface area (Å²) in [5, 5.41) is 9.57. The number of benzene rings is 2. The quantitative estimate of drug-likeness (QED) is 0.900. The second-order valence-corrected chi connectivity index (χ2v) is 5.42. The molecule has 1 N–H and O–H groups in total. The van der Waals surface area contributed by atoms with Crippen molar-refractivity contribution >= 4 is 0 Å². The van der Waals surface area contributed by atoms with Crippen molar-refractivity contribution < 1.29 is 9.84 Å². The Morgan fingerprint density at radius 3 is 2.40 bits per heavy atom. The highest BCUT2D eigenvalue weighted by Crippen LogP contribution is 2.24. The van der Waals surface area contributed by atoms with Gasteiger partial charge in [0.25, 0.3) is 0 Å². The Bertz CT molecular complexity index is 600. The fraction of sp³-hybridized carbons (Fsp3) is 0.333. The summed E-state index contributed by atoms with van der Waals surface area (Å²) in [6.45, 7) is 8.53. The van der Waals surface area contributed by atoms with Crippen molar-refractivity contribution in [3.05, 3.63) is 64.2 Å². The van der Waals surface area contributed by atoms with Crippen molar-refractivity contribution in [2.45, 2.75) is 40.4 Å². The van der Waals surface area contributed by atoms with E-state index in [4.69, 9.17) is 4.74 Å². The maximum absolute atomic E-state index is 9.57. The summed E-state index contributed by atoms with van der Waals surface area (Å²) >= 11 is 0. The number of ether oxygens (including phenoxy) is 1. The Balaban J connectivity index is 2.13. The second kappa shape index (κ2) is 6.10. The molecule has 0 heterocycles. The number of hydrogen-bond acceptors (Lipinski definition) is 2. The van der Waals surface area contributed by atoms with Crippen molar-refractivity contribution in [3.63, 3.8) is 0 Å². The van der Waals surface area contributed by atoms with E-state index in [1.165, 1.54) is 16.7 Å². The van der Waals surface area contributed by atoms with Crippen LogP contribution in [0.5, 0.6) is 5.75 Å². The van der Waals surface area contributed by atoms with Gasteiger partial charge in [0.05, 0.1) is 6.10 Å². The lowest BCUT2D eigenvalue weighted by Gasteiger charge is -2.13. The van der Waals surface area contributed by atoms with E-state index in [0.29, 0.717) is 6.61 Å². The van der Waals surface area contributed by atoms with Crippen LogP contribution in [0.3, 0.4) is 0 Å². The van der Waals surface area contributed by atoms with E-state index >= 15 is 0 Å². The molecule has 106 valence electrons. The average molecular weight is 270 g/mol. The first-order valence-electron chi connectivity index (χ1n) is 6.95. The summed E-state index contributed by atoms with van der Waals surface area (Å²) in [6.07, 6.45) is -0.443. The first kappa shape index (κ1) is 14.6. The monoisotopic (exact) mass is 270 g/mol. The molecular weight excluding hydrogens is 248 g/mol. The Hall–Kier alpha value is -1.80. The molecule has 2 rings (SSSR count). The van der Waals surface area contributed by atoms with Gasteiger partial charge in [-0.05, 0) is 62.1 Å². The molecule has 0 aliphatic carbocycles. The fourth-order valence-corrected chi connectivity index (χ4v) is 2.21. The molecule has 0 saturated heterocycles. The minimum absolute atomic E-state index is 0.443. The summed E-state index contributed by atoms with van der Waals surface area (Å²) in [6, 6.07) is 12.2. The lowest BCUT2D eigenvalue weighted by atomic mass is 10.1. The van der Waals surface area contributed by atoms with Crippen molar-refractivity contribution in [2.24, 2.45) is 0 Å². The minimum atomic E-state index is -0.443. The van der Waals surface area contributed by atoms with Crippen LogP contribution in [-0.2, 0) is 6.61 Å². The van der Waals surface area contributed by atoms with Gasteiger partial charge < -0.3 is 9.84 Å². The zero-order valence-corrected chi connectivity index (χ0v) is 12.6. The molecule has 0 radical (unpaired) electrons. The van der Waals surface area contributed by atoms with Crippen LogP contribution < -0.4 is 4.74 Å². The first-order valence-corrected chi connectivity index (χ1v) is 6.95. The van der Waals surface area contributed by atoms with Gasteiger partial charge in [0.15, 0.2) is 0 Å². The van der Waals surface area contributed by atoms with Gasteiger partial charge >= 0.3 is 0 Å². The molecule has 2 aromatic carbocycles. The van der Waals surface area contributed by atoms with Crippen LogP contribution in [0, 0.1) is 20.8 Å². The molecule has 2 heteroatoms. The zero-order valence-electron chi connectivity index (χ0n) is 12.6. The third-order valence-electron chi connectivity index (χ3n) is 3.57. The smallest absolute Gasteiger partial charge is 0.122 e. The molecule has 0 saturated carbocycles. The van der Waals surface area contributed by atoms with E-state index in [1.54, 1.807) is 6.92 Å². The lowest BCUT2D eigenvalue weighted by molar-refractivity contribution is 0.199. The molecule has 0 spiro atoms. The predicted octanol–water partition coefficient (Wildman–Crippen LogP) is 4.24. The highest BCUT2D eigenvalue weighted by molar-refractivity contribution is 5.37. The summed E-state index contributed by atoms with van der Waals surface area (Å²) in [4.78, 5) is 0. The summed E-state index contributed by atoms with van der Waals surface area (Å²) in [5.74, 6) is 0.871. The van der Waals surface area contributed by atoms with Gasteiger partial charge in [-0.1, -0.05) is 29.8 Å². The number of aryl methyl sites for hydroxylation is 3. The Morgan fingerprint density at radius 1 is 1.00 bits per heavy atom. The standard InChI is InChI=1S/C18H22O2/c1-12-5-6-13(2)17(9-12)11-20-18-8-7-16(15(4)19)10-14(18)3/h5-10,15,19H,11H2,1-4H3. The summed E-state index contributed by atoms with van der Waals surface area (Å²) < 4.78 is 5.91. The summed E-state index contributed by atoms with van der Waals surface area (Å²) in [7, 11) is 0. The number of aliphatic hydroxyl groups is 1. The van der Waals surface area contributed by atoms with Gasteiger partial charge in [0.2, 0.25) is 0 Å². The highest BCUT2D eigenvalue weighted by Gasteiger charge is 2.06. The van der Waals surface area contributed by atoms with E-state index in [1.807, 2.05) is 25.1 Å². The van der Waals surface area contributed by atoms with Gasteiger partial charge in [-0.2, -0.15) is 0 Å². The third-order valence-corrected chi connectivity index (χ3v) is 3.57. The van der Waals surface area contributed by atoms with Crippen LogP contribution in [-0.4, -0.2) is 5.11 Å². The normalized spacial score (nSPS) is 12.2. The van der Waals surface area contributed by atoms with E-state index in [2.05, 4.69) is 32.0 Å². The minimum Gasteiger partial charge on any atom is -0.489 e. The molecule has 0 aliphatic heterocycles. The van der Waals surface area contributed by atoms with Crippen LogP contribution in [0.4, 0.5) is 0 Å². The molecule has 0 aromatic heterocycles. The molecule has 2 nitrogen and oxygen atoms in total.